The van der Waals surface area contributed by atoms with Gasteiger partial charge in [0.15, 0.2) is 0 Å². The van der Waals surface area contributed by atoms with E-state index in [1.807, 2.05) is 16.9 Å². The summed E-state index contributed by atoms with van der Waals surface area (Å²) in [5.74, 6) is 0.309. The first-order chi connectivity index (χ1) is 12.1. The summed E-state index contributed by atoms with van der Waals surface area (Å²) in [6, 6.07) is 6.73. The third-order valence-electron chi connectivity index (χ3n) is 4.86. The van der Waals surface area contributed by atoms with Crippen molar-refractivity contribution < 1.29 is 9.18 Å². The summed E-state index contributed by atoms with van der Waals surface area (Å²) >= 11 is 0. The summed E-state index contributed by atoms with van der Waals surface area (Å²) in [6.45, 7) is 4.88. The predicted octanol–water partition coefficient (Wildman–Crippen LogP) is 3.07. The molecule has 1 fully saturated rings. The van der Waals surface area contributed by atoms with Crippen molar-refractivity contribution in [1.29, 1.82) is 0 Å². The number of aromatic nitrogens is 2. The first kappa shape index (κ1) is 17.6. The van der Waals surface area contributed by atoms with Gasteiger partial charge in [-0.05, 0) is 69.0 Å². The molecule has 1 aliphatic rings. The first-order valence-electron chi connectivity index (χ1n) is 8.86. The van der Waals surface area contributed by atoms with E-state index in [0.717, 1.165) is 38.9 Å². The normalized spacial score (nSPS) is 16.1. The standard InChI is InChI=1S/C19H25FN4O/c1-15-3-4-17(13-18(15)20)22-19(25)14-23-10-5-16(6-11-23)7-12-24-9-2-8-21-24/h2-4,8-9,13,16H,5-7,10-12,14H2,1H3,(H,22,25). The van der Waals surface area contributed by atoms with E-state index in [-0.39, 0.29) is 11.7 Å². The van der Waals surface area contributed by atoms with Crippen LogP contribution in [0.5, 0.6) is 0 Å². The van der Waals surface area contributed by atoms with Crippen LogP contribution >= 0.6 is 0 Å². The molecule has 1 saturated heterocycles. The van der Waals surface area contributed by atoms with Gasteiger partial charge in [-0.3, -0.25) is 14.4 Å². The highest BCUT2D eigenvalue weighted by atomic mass is 19.1. The van der Waals surface area contributed by atoms with Gasteiger partial charge in [0.2, 0.25) is 5.91 Å². The van der Waals surface area contributed by atoms with Crippen LogP contribution in [-0.4, -0.2) is 40.2 Å². The molecule has 5 nitrogen and oxygen atoms in total. The Bertz CT molecular complexity index is 693. The van der Waals surface area contributed by atoms with Gasteiger partial charge in [-0.25, -0.2) is 4.39 Å². The second-order valence-electron chi connectivity index (χ2n) is 6.79. The van der Waals surface area contributed by atoms with E-state index < -0.39 is 0 Å². The molecule has 0 unspecified atom stereocenters. The molecule has 1 aliphatic heterocycles. The number of nitrogens with one attached hydrogen (secondary N) is 1. The molecule has 1 aromatic heterocycles. The maximum atomic E-state index is 13.5. The lowest BCUT2D eigenvalue weighted by atomic mass is 9.93. The van der Waals surface area contributed by atoms with E-state index >= 15 is 0 Å². The lowest BCUT2D eigenvalue weighted by Gasteiger charge is -2.31. The minimum Gasteiger partial charge on any atom is -0.325 e. The quantitative estimate of drug-likeness (QED) is 0.876. The van der Waals surface area contributed by atoms with Gasteiger partial charge in [-0.1, -0.05) is 6.07 Å². The van der Waals surface area contributed by atoms with Crippen LogP contribution in [0.4, 0.5) is 10.1 Å². The summed E-state index contributed by atoms with van der Waals surface area (Å²) < 4.78 is 15.5. The molecule has 2 heterocycles. The lowest BCUT2D eigenvalue weighted by molar-refractivity contribution is -0.117. The minimum absolute atomic E-state index is 0.0850. The number of benzene rings is 1. The lowest BCUT2D eigenvalue weighted by Crippen LogP contribution is -2.39. The van der Waals surface area contributed by atoms with Crippen molar-refractivity contribution in [2.24, 2.45) is 5.92 Å². The second kappa shape index (κ2) is 8.25. The molecule has 134 valence electrons. The molecule has 0 aliphatic carbocycles. The Kier molecular flexibility index (Phi) is 5.81. The van der Waals surface area contributed by atoms with Gasteiger partial charge in [0, 0.05) is 24.6 Å². The highest BCUT2D eigenvalue weighted by molar-refractivity contribution is 5.92. The van der Waals surface area contributed by atoms with Crippen LogP contribution in [-0.2, 0) is 11.3 Å². The fraction of sp³-hybridized carbons (Fsp3) is 0.474. The second-order valence-corrected chi connectivity index (χ2v) is 6.79. The van der Waals surface area contributed by atoms with Crippen molar-refractivity contribution in [2.45, 2.75) is 32.7 Å². The number of hydrogen-bond acceptors (Lipinski definition) is 3. The Morgan fingerprint density at radius 3 is 2.84 bits per heavy atom. The van der Waals surface area contributed by atoms with Crippen molar-refractivity contribution in [1.82, 2.24) is 14.7 Å². The minimum atomic E-state index is -0.296. The van der Waals surface area contributed by atoms with Crippen molar-refractivity contribution in [3.63, 3.8) is 0 Å². The highest BCUT2D eigenvalue weighted by Gasteiger charge is 2.20. The third kappa shape index (κ3) is 5.13. The number of rotatable bonds is 6. The van der Waals surface area contributed by atoms with Gasteiger partial charge in [0.25, 0.3) is 0 Å². The Labute approximate surface area is 147 Å². The molecule has 3 rings (SSSR count). The maximum absolute atomic E-state index is 13.5. The van der Waals surface area contributed by atoms with E-state index in [1.165, 1.54) is 6.07 Å². The number of amides is 1. The molecule has 25 heavy (non-hydrogen) atoms. The van der Waals surface area contributed by atoms with Crippen molar-refractivity contribution in [2.75, 3.05) is 25.0 Å². The zero-order valence-electron chi connectivity index (χ0n) is 14.6. The highest BCUT2D eigenvalue weighted by Crippen LogP contribution is 2.21. The predicted molar refractivity (Wildman–Crippen MR) is 95.8 cm³/mol. The van der Waals surface area contributed by atoms with Crippen molar-refractivity contribution in [3.05, 3.63) is 48.0 Å². The van der Waals surface area contributed by atoms with Crippen molar-refractivity contribution >= 4 is 11.6 Å². The number of hydrogen-bond donors (Lipinski definition) is 1. The summed E-state index contributed by atoms with van der Waals surface area (Å²) in [5, 5.41) is 7.01. The topological polar surface area (TPSA) is 50.2 Å². The Balaban J connectivity index is 1.39. The summed E-state index contributed by atoms with van der Waals surface area (Å²) in [4.78, 5) is 14.3. The summed E-state index contributed by atoms with van der Waals surface area (Å²) in [5.41, 5.74) is 1.09. The molecule has 1 N–H and O–H groups in total. The Hall–Kier alpha value is -2.21. The number of likely N-dealkylation sites (tertiary alicyclic amines) is 1. The van der Waals surface area contributed by atoms with Gasteiger partial charge >= 0.3 is 0 Å². The Morgan fingerprint density at radius 2 is 2.16 bits per heavy atom. The van der Waals surface area contributed by atoms with Crippen LogP contribution in [0.25, 0.3) is 0 Å². The SMILES string of the molecule is Cc1ccc(NC(=O)CN2CCC(CCn3cccn3)CC2)cc1F. The fourth-order valence-corrected chi connectivity index (χ4v) is 3.26. The molecular weight excluding hydrogens is 319 g/mol. The number of piperidine rings is 1. The van der Waals surface area contributed by atoms with Crippen LogP contribution in [0.1, 0.15) is 24.8 Å². The smallest absolute Gasteiger partial charge is 0.238 e. The average Bonchev–Trinajstić information content (AvgIpc) is 3.11. The molecule has 0 atom stereocenters. The number of carbonyl (C=O) groups excluding carboxylic acids is 1. The molecule has 0 saturated carbocycles. The molecule has 1 amide bonds. The number of halogens is 1. The van der Waals surface area contributed by atoms with Gasteiger partial charge < -0.3 is 5.32 Å². The van der Waals surface area contributed by atoms with Crippen LogP contribution in [0.15, 0.2) is 36.7 Å². The summed E-state index contributed by atoms with van der Waals surface area (Å²) in [6.07, 6.45) is 7.14. The van der Waals surface area contributed by atoms with E-state index in [1.54, 1.807) is 25.3 Å². The molecule has 2 aromatic rings. The van der Waals surface area contributed by atoms with Crippen LogP contribution < -0.4 is 5.32 Å². The number of aryl methyl sites for hydroxylation is 2. The largest absolute Gasteiger partial charge is 0.325 e. The van der Waals surface area contributed by atoms with Gasteiger partial charge in [-0.2, -0.15) is 5.10 Å². The van der Waals surface area contributed by atoms with Crippen LogP contribution in [0, 0.1) is 18.7 Å². The first-order valence-corrected chi connectivity index (χ1v) is 8.86. The Morgan fingerprint density at radius 1 is 1.36 bits per heavy atom. The van der Waals surface area contributed by atoms with Crippen LogP contribution in [0.3, 0.4) is 0 Å². The van der Waals surface area contributed by atoms with Gasteiger partial charge in [0.05, 0.1) is 6.54 Å². The van der Waals surface area contributed by atoms with E-state index in [2.05, 4.69) is 15.3 Å². The molecule has 1 aromatic carbocycles. The number of nitrogens with zero attached hydrogens (tertiary/aromatic N) is 3. The zero-order valence-corrected chi connectivity index (χ0v) is 14.6. The van der Waals surface area contributed by atoms with Crippen LogP contribution in [0.2, 0.25) is 0 Å². The monoisotopic (exact) mass is 344 g/mol. The van der Waals surface area contributed by atoms with E-state index in [9.17, 15) is 9.18 Å². The van der Waals surface area contributed by atoms with E-state index in [0.29, 0.717) is 23.7 Å². The molecule has 0 radical (unpaired) electrons. The zero-order chi connectivity index (χ0) is 17.6. The summed E-state index contributed by atoms with van der Waals surface area (Å²) in [7, 11) is 0. The fourth-order valence-electron chi connectivity index (χ4n) is 3.26. The molecule has 0 bridgehead atoms. The van der Waals surface area contributed by atoms with Crippen molar-refractivity contribution in [3.8, 4) is 0 Å². The van der Waals surface area contributed by atoms with Gasteiger partial charge in [-0.15, -0.1) is 0 Å². The number of carbonyl (C=O) groups is 1. The maximum Gasteiger partial charge on any atom is 0.238 e. The molecular formula is C19H25FN4O. The van der Waals surface area contributed by atoms with Gasteiger partial charge in [0.1, 0.15) is 5.82 Å². The molecule has 6 heteroatoms. The van der Waals surface area contributed by atoms with E-state index in [4.69, 9.17) is 0 Å². The third-order valence-corrected chi connectivity index (χ3v) is 4.86. The molecule has 0 spiro atoms. The number of anilines is 1. The average molecular weight is 344 g/mol.